The molecule has 0 spiro atoms. The van der Waals surface area contributed by atoms with E-state index in [1.54, 1.807) is 12.1 Å². The van der Waals surface area contributed by atoms with Crippen molar-refractivity contribution in [3.63, 3.8) is 0 Å². The molecule has 1 aliphatic rings. The zero-order valence-electron chi connectivity index (χ0n) is 9.99. The fraction of sp³-hybridized carbons (Fsp3) is 0.500. The largest absolute Gasteiger partial charge is 0.368 e. The van der Waals surface area contributed by atoms with Gasteiger partial charge < -0.3 is 15.4 Å². The number of halogens is 1. The predicted molar refractivity (Wildman–Crippen MR) is 69.7 cm³/mol. The van der Waals surface area contributed by atoms with Gasteiger partial charge >= 0.3 is 0 Å². The van der Waals surface area contributed by atoms with Gasteiger partial charge in [0.15, 0.2) is 0 Å². The van der Waals surface area contributed by atoms with Gasteiger partial charge in [-0.15, -0.1) is 0 Å². The summed E-state index contributed by atoms with van der Waals surface area (Å²) in [6, 6.07) is 3.34. The zero-order chi connectivity index (χ0) is 12.8. The number of aromatic nitrogens is 1. The molecule has 1 aromatic rings. The van der Waals surface area contributed by atoms with Crippen LogP contribution in [0.2, 0.25) is 5.02 Å². The first kappa shape index (κ1) is 13.3. The van der Waals surface area contributed by atoms with E-state index < -0.39 is 0 Å². The number of nitrogens with one attached hydrogen (secondary N) is 2. The Balaban J connectivity index is 1.73. The lowest BCUT2D eigenvalue weighted by Gasteiger charge is -2.22. The van der Waals surface area contributed by atoms with Gasteiger partial charge in [0.25, 0.3) is 5.91 Å². The third-order valence-corrected chi connectivity index (χ3v) is 2.95. The molecule has 1 aromatic heterocycles. The average molecular weight is 270 g/mol. The minimum atomic E-state index is -0.191. The summed E-state index contributed by atoms with van der Waals surface area (Å²) < 4.78 is 5.53. The Bertz CT molecular complexity index is 391. The molecule has 0 bridgehead atoms. The van der Waals surface area contributed by atoms with Crippen molar-refractivity contribution in [3.8, 4) is 0 Å². The van der Waals surface area contributed by atoms with Crippen molar-refractivity contribution in [2.24, 2.45) is 0 Å². The molecule has 0 aromatic carbocycles. The molecule has 1 aliphatic heterocycles. The summed E-state index contributed by atoms with van der Waals surface area (Å²) in [5, 5.41) is 6.44. The molecule has 6 heteroatoms. The molecule has 5 nitrogen and oxygen atoms in total. The van der Waals surface area contributed by atoms with Crippen molar-refractivity contribution < 1.29 is 9.53 Å². The number of carbonyl (C=O) groups is 1. The topological polar surface area (TPSA) is 63.2 Å². The molecule has 1 amide bonds. The summed E-state index contributed by atoms with van der Waals surface area (Å²) in [7, 11) is 0. The maximum atomic E-state index is 11.6. The molecule has 0 atom stereocenters. The first-order valence-corrected chi connectivity index (χ1v) is 6.35. The number of anilines is 1. The van der Waals surface area contributed by atoms with Gasteiger partial charge in [0.1, 0.15) is 12.4 Å². The highest BCUT2D eigenvalue weighted by Gasteiger charge is 2.14. The van der Waals surface area contributed by atoms with Crippen molar-refractivity contribution in [2.45, 2.75) is 18.9 Å². The van der Waals surface area contributed by atoms with Crippen molar-refractivity contribution in [2.75, 3.05) is 25.0 Å². The lowest BCUT2D eigenvalue weighted by atomic mass is 10.1. The van der Waals surface area contributed by atoms with Crippen LogP contribution >= 0.6 is 11.6 Å². The van der Waals surface area contributed by atoms with Gasteiger partial charge in [0.2, 0.25) is 0 Å². The smallest absolute Gasteiger partial charge is 0.251 e. The van der Waals surface area contributed by atoms with E-state index in [4.69, 9.17) is 16.3 Å². The number of rotatable bonds is 4. The standard InChI is InChI=1S/C12H16ClN3O2/c13-9-1-2-11(15-7-9)16-12(17)8-18-10-3-5-14-6-4-10/h1-2,7,10,14H,3-6,8H2,(H,15,16,17). The van der Waals surface area contributed by atoms with Crippen LogP contribution in [0.3, 0.4) is 0 Å². The van der Waals surface area contributed by atoms with Crippen LogP contribution in [0.25, 0.3) is 0 Å². The molecular weight excluding hydrogens is 254 g/mol. The van der Waals surface area contributed by atoms with E-state index >= 15 is 0 Å². The van der Waals surface area contributed by atoms with E-state index in [1.165, 1.54) is 6.20 Å². The van der Waals surface area contributed by atoms with Crippen LogP contribution in [0.1, 0.15) is 12.8 Å². The summed E-state index contributed by atoms with van der Waals surface area (Å²) in [6.45, 7) is 1.96. The summed E-state index contributed by atoms with van der Waals surface area (Å²) in [5.41, 5.74) is 0. The minimum absolute atomic E-state index is 0.0645. The van der Waals surface area contributed by atoms with Gasteiger partial charge in [-0.25, -0.2) is 4.98 Å². The summed E-state index contributed by atoms with van der Waals surface area (Å²) in [6.07, 6.45) is 3.57. The second-order valence-corrected chi connectivity index (χ2v) is 4.61. The molecule has 0 aliphatic carbocycles. The summed E-state index contributed by atoms with van der Waals surface area (Å²) in [5.74, 6) is 0.293. The van der Waals surface area contributed by atoms with Gasteiger partial charge in [-0.3, -0.25) is 4.79 Å². The van der Waals surface area contributed by atoms with E-state index in [9.17, 15) is 4.79 Å². The predicted octanol–water partition coefficient (Wildman–Crippen LogP) is 1.44. The van der Waals surface area contributed by atoms with Crippen LogP contribution in [0.15, 0.2) is 18.3 Å². The number of hydrogen-bond acceptors (Lipinski definition) is 4. The van der Waals surface area contributed by atoms with E-state index in [0.29, 0.717) is 10.8 Å². The molecule has 1 fully saturated rings. The third kappa shape index (κ3) is 4.25. The Morgan fingerprint density at radius 1 is 1.50 bits per heavy atom. The van der Waals surface area contributed by atoms with Crippen LogP contribution < -0.4 is 10.6 Å². The highest BCUT2D eigenvalue weighted by Crippen LogP contribution is 2.10. The van der Waals surface area contributed by atoms with Gasteiger partial charge in [-0.2, -0.15) is 0 Å². The quantitative estimate of drug-likeness (QED) is 0.868. The van der Waals surface area contributed by atoms with Gasteiger partial charge in [0.05, 0.1) is 11.1 Å². The number of pyridine rings is 1. The van der Waals surface area contributed by atoms with Crippen molar-refractivity contribution in [3.05, 3.63) is 23.4 Å². The summed E-state index contributed by atoms with van der Waals surface area (Å²) >= 11 is 5.71. The molecule has 0 unspecified atom stereocenters. The van der Waals surface area contributed by atoms with Gasteiger partial charge in [-0.1, -0.05) is 11.6 Å². The normalized spacial score (nSPS) is 16.5. The minimum Gasteiger partial charge on any atom is -0.368 e. The Morgan fingerprint density at radius 2 is 2.28 bits per heavy atom. The molecule has 0 radical (unpaired) electrons. The monoisotopic (exact) mass is 269 g/mol. The fourth-order valence-electron chi connectivity index (χ4n) is 1.78. The van der Waals surface area contributed by atoms with E-state index in [-0.39, 0.29) is 18.6 Å². The molecule has 1 saturated heterocycles. The van der Waals surface area contributed by atoms with E-state index in [1.807, 2.05) is 0 Å². The Morgan fingerprint density at radius 3 is 2.94 bits per heavy atom. The first-order chi connectivity index (χ1) is 8.74. The maximum absolute atomic E-state index is 11.6. The molecule has 18 heavy (non-hydrogen) atoms. The van der Waals surface area contributed by atoms with Crippen LogP contribution in [0.5, 0.6) is 0 Å². The van der Waals surface area contributed by atoms with Crippen LogP contribution in [0, 0.1) is 0 Å². The maximum Gasteiger partial charge on any atom is 0.251 e. The fourth-order valence-corrected chi connectivity index (χ4v) is 1.90. The SMILES string of the molecule is O=C(COC1CCNCC1)Nc1ccc(Cl)cn1. The van der Waals surface area contributed by atoms with Crippen LogP contribution in [-0.2, 0) is 9.53 Å². The molecule has 98 valence electrons. The van der Waals surface area contributed by atoms with Gasteiger partial charge in [0, 0.05) is 6.20 Å². The van der Waals surface area contributed by atoms with Gasteiger partial charge in [-0.05, 0) is 38.1 Å². The number of nitrogens with zero attached hydrogens (tertiary/aromatic N) is 1. The number of ether oxygens (including phenoxy) is 1. The highest BCUT2D eigenvalue weighted by molar-refractivity contribution is 6.30. The van der Waals surface area contributed by atoms with Crippen LogP contribution in [-0.4, -0.2) is 36.7 Å². The number of hydrogen-bond donors (Lipinski definition) is 2. The molecule has 0 saturated carbocycles. The third-order valence-electron chi connectivity index (χ3n) is 2.73. The zero-order valence-corrected chi connectivity index (χ0v) is 10.7. The van der Waals surface area contributed by atoms with E-state index in [2.05, 4.69) is 15.6 Å². The number of piperidine rings is 1. The van der Waals surface area contributed by atoms with Crippen LogP contribution in [0.4, 0.5) is 5.82 Å². The molecule has 2 rings (SSSR count). The molecule has 2 N–H and O–H groups in total. The number of amides is 1. The highest BCUT2D eigenvalue weighted by atomic mass is 35.5. The molecular formula is C12H16ClN3O2. The molecule has 2 heterocycles. The average Bonchev–Trinajstić information content (AvgIpc) is 2.40. The van der Waals surface area contributed by atoms with Crippen molar-refractivity contribution in [1.82, 2.24) is 10.3 Å². The lowest BCUT2D eigenvalue weighted by Crippen LogP contribution is -2.34. The second-order valence-electron chi connectivity index (χ2n) is 4.17. The number of carbonyl (C=O) groups excluding carboxylic acids is 1. The van der Waals surface area contributed by atoms with Crippen molar-refractivity contribution >= 4 is 23.3 Å². The Kier molecular flexibility index (Phi) is 4.92. The first-order valence-electron chi connectivity index (χ1n) is 5.98. The Labute approximate surface area is 111 Å². The lowest BCUT2D eigenvalue weighted by molar-refractivity contribution is -0.123. The second kappa shape index (κ2) is 6.68. The Hall–Kier alpha value is -1.17. The van der Waals surface area contributed by atoms with Crippen molar-refractivity contribution in [1.29, 1.82) is 0 Å². The van der Waals surface area contributed by atoms with E-state index in [0.717, 1.165) is 25.9 Å². The summed E-state index contributed by atoms with van der Waals surface area (Å²) in [4.78, 5) is 15.6.